The molecule has 1 N–H and O–H groups in total. The lowest BCUT2D eigenvalue weighted by atomic mass is 10.2. The van der Waals surface area contributed by atoms with Crippen LogP contribution in [0.1, 0.15) is 12.0 Å². The van der Waals surface area contributed by atoms with Crippen LogP contribution in [0.3, 0.4) is 0 Å². The molecule has 0 fully saturated rings. The fraction of sp³-hybridized carbons (Fsp3) is 0.316. The Balaban J connectivity index is 1.62. The molecule has 1 aliphatic rings. The number of halogens is 2. The lowest BCUT2D eigenvalue weighted by Crippen LogP contribution is -2.37. The predicted molar refractivity (Wildman–Crippen MR) is 110 cm³/mol. The van der Waals surface area contributed by atoms with E-state index in [1.165, 1.54) is 17.0 Å². The molecule has 1 amide bonds. The van der Waals surface area contributed by atoms with Crippen LogP contribution < -0.4 is 14.2 Å². The lowest BCUT2D eigenvalue weighted by molar-refractivity contribution is -0.129. The van der Waals surface area contributed by atoms with Gasteiger partial charge < -0.3 is 14.4 Å². The Labute approximate surface area is 179 Å². The molecule has 10 heteroatoms. The molecule has 0 radical (unpaired) electrons. The van der Waals surface area contributed by atoms with E-state index in [1.54, 1.807) is 31.3 Å². The summed E-state index contributed by atoms with van der Waals surface area (Å²) in [4.78, 5) is 13.8. The molecule has 2 aromatic rings. The number of sulfonamides is 1. The first-order valence-electron chi connectivity index (χ1n) is 8.83. The Morgan fingerprint density at radius 1 is 1.07 bits per heavy atom. The van der Waals surface area contributed by atoms with Crippen molar-refractivity contribution in [1.29, 1.82) is 0 Å². The predicted octanol–water partition coefficient (Wildman–Crippen LogP) is 3.09. The first-order valence-corrected chi connectivity index (χ1v) is 11.1. The Morgan fingerprint density at radius 3 is 2.52 bits per heavy atom. The third-order valence-corrected chi connectivity index (χ3v) is 6.41. The third kappa shape index (κ3) is 5.54. The van der Waals surface area contributed by atoms with E-state index >= 15 is 0 Å². The Hall–Kier alpha value is -2.00. The fourth-order valence-electron chi connectivity index (χ4n) is 2.69. The van der Waals surface area contributed by atoms with Crippen molar-refractivity contribution in [2.75, 3.05) is 26.8 Å². The second-order valence-corrected chi connectivity index (χ2v) is 9.06. The van der Waals surface area contributed by atoms with Gasteiger partial charge in [-0.15, -0.1) is 0 Å². The first-order chi connectivity index (χ1) is 13.8. The summed E-state index contributed by atoms with van der Waals surface area (Å²) in [6.07, 6.45) is 0.717. The Bertz CT molecular complexity index is 1010. The molecular formula is C19H20Cl2N2O5S. The van der Waals surface area contributed by atoms with E-state index in [9.17, 15) is 13.2 Å². The van der Waals surface area contributed by atoms with Crippen molar-refractivity contribution >= 4 is 39.1 Å². The van der Waals surface area contributed by atoms with E-state index in [0.29, 0.717) is 41.2 Å². The normalized spacial score (nSPS) is 13.6. The third-order valence-electron chi connectivity index (χ3n) is 4.27. The molecule has 0 aliphatic carbocycles. The number of nitrogens with one attached hydrogen (secondary N) is 1. The van der Waals surface area contributed by atoms with Gasteiger partial charge in [-0.3, -0.25) is 4.79 Å². The maximum Gasteiger partial charge on any atom is 0.241 e. The summed E-state index contributed by atoms with van der Waals surface area (Å²) >= 11 is 11.9. The molecule has 156 valence electrons. The highest BCUT2D eigenvalue weighted by Crippen LogP contribution is 2.31. The maximum atomic E-state index is 12.6. The number of nitrogens with zero attached hydrogens (tertiary/aromatic N) is 1. The summed E-state index contributed by atoms with van der Waals surface area (Å²) in [5.41, 5.74) is 0.779. The first kappa shape index (κ1) is 21.7. The van der Waals surface area contributed by atoms with E-state index in [4.69, 9.17) is 32.7 Å². The number of rotatable bonds is 6. The van der Waals surface area contributed by atoms with Gasteiger partial charge in [-0.2, -0.15) is 0 Å². The van der Waals surface area contributed by atoms with Crippen LogP contribution in [0.15, 0.2) is 41.3 Å². The monoisotopic (exact) mass is 458 g/mol. The summed E-state index contributed by atoms with van der Waals surface area (Å²) in [5.74, 6) is 0.473. The fourth-order valence-corrected chi connectivity index (χ4v) is 4.00. The minimum absolute atomic E-state index is 0.00156. The highest BCUT2D eigenvalue weighted by atomic mass is 35.5. The number of carbonyl (C=O) groups excluding carboxylic acids is 1. The number of hydrogen-bond acceptors (Lipinski definition) is 5. The van der Waals surface area contributed by atoms with Crippen LogP contribution >= 0.6 is 23.2 Å². The number of likely N-dealkylation sites (N-methyl/N-ethyl adjacent to an activating group) is 1. The van der Waals surface area contributed by atoms with Crippen molar-refractivity contribution in [1.82, 2.24) is 9.62 Å². The van der Waals surface area contributed by atoms with Gasteiger partial charge in [0, 0.05) is 26.1 Å². The van der Waals surface area contributed by atoms with Crippen LogP contribution in [0.5, 0.6) is 11.5 Å². The van der Waals surface area contributed by atoms with Crippen molar-refractivity contribution in [3.05, 3.63) is 52.0 Å². The Kier molecular flexibility index (Phi) is 6.89. The van der Waals surface area contributed by atoms with E-state index < -0.39 is 15.9 Å². The maximum absolute atomic E-state index is 12.6. The average Bonchev–Trinajstić information content (AvgIpc) is 2.93. The van der Waals surface area contributed by atoms with E-state index in [0.717, 1.165) is 5.56 Å². The lowest BCUT2D eigenvalue weighted by Gasteiger charge is -2.18. The molecule has 0 saturated carbocycles. The van der Waals surface area contributed by atoms with Crippen LogP contribution in [-0.4, -0.2) is 46.0 Å². The number of carbonyl (C=O) groups is 1. The van der Waals surface area contributed by atoms with Gasteiger partial charge in [0.25, 0.3) is 0 Å². The average molecular weight is 459 g/mol. The molecule has 1 heterocycles. The van der Waals surface area contributed by atoms with Gasteiger partial charge in [-0.1, -0.05) is 29.3 Å². The number of amides is 1. The van der Waals surface area contributed by atoms with Crippen molar-refractivity contribution in [2.24, 2.45) is 0 Å². The zero-order chi connectivity index (χ0) is 21.0. The number of benzene rings is 2. The minimum Gasteiger partial charge on any atom is -0.490 e. The van der Waals surface area contributed by atoms with Crippen molar-refractivity contribution in [2.45, 2.75) is 17.9 Å². The molecule has 0 aromatic heterocycles. The number of hydrogen-bond donors (Lipinski definition) is 1. The molecule has 29 heavy (non-hydrogen) atoms. The molecule has 1 aliphatic heterocycles. The molecule has 0 spiro atoms. The molecule has 3 rings (SSSR count). The molecule has 0 saturated heterocycles. The molecule has 0 unspecified atom stereocenters. The summed E-state index contributed by atoms with van der Waals surface area (Å²) in [5, 5.41) is 0.812. The van der Waals surface area contributed by atoms with Gasteiger partial charge in [0.1, 0.15) is 0 Å². The highest BCUT2D eigenvalue weighted by Gasteiger charge is 2.20. The number of fused-ring (bicyclic) bond motifs is 1. The van der Waals surface area contributed by atoms with Gasteiger partial charge in [-0.25, -0.2) is 13.1 Å². The highest BCUT2D eigenvalue weighted by molar-refractivity contribution is 7.89. The molecule has 0 atom stereocenters. The quantitative estimate of drug-likeness (QED) is 0.718. The van der Waals surface area contributed by atoms with E-state index in [2.05, 4.69) is 4.72 Å². The van der Waals surface area contributed by atoms with Crippen molar-refractivity contribution in [3.63, 3.8) is 0 Å². The molecule has 0 bridgehead atoms. The van der Waals surface area contributed by atoms with Crippen molar-refractivity contribution in [3.8, 4) is 11.5 Å². The SMILES string of the molecule is CN(Cc1ccc(Cl)c(Cl)c1)C(=O)CNS(=O)(=O)c1ccc2c(c1)OCCCO2. The van der Waals surface area contributed by atoms with Crippen LogP contribution in [0.2, 0.25) is 10.0 Å². The summed E-state index contributed by atoms with van der Waals surface area (Å²) < 4.78 is 38.5. The van der Waals surface area contributed by atoms with Crippen LogP contribution in [0.4, 0.5) is 0 Å². The zero-order valence-corrected chi connectivity index (χ0v) is 18.0. The van der Waals surface area contributed by atoms with Crippen LogP contribution in [-0.2, 0) is 21.4 Å². The smallest absolute Gasteiger partial charge is 0.241 e. The standard InChI is InChI=1S/C19H20Cl2N2O5S/c1-23(12-13-3-5-15(20)16(21)9-13)19(24)11-22-29(25,26)14-4-6-17-18(10-14)28-8-2-7-27-17/h3-6,9-10,22H,2,7-8,11-12H2,1H3. The summed E-state index contributed by atoms with van der Waals surface area (Å²) in [7, 11) is -2.31. The van der Waals surface area contributed by atoms with Gasteiger partial charge in [-0.05, 0) is 29.8 Å². The second kappa shape index (κ2) is 9.21. The van der Waals surface area contributed by atoms with Crippen LogP contribution in [0, 0.1) is 0 Å². The summed E-state index contributed by atoms with van der Waals surface area (Å²) in [6, 6.07) is 9.42. The van der Waals surface area contributed by atoms with Gasteiger partial charge >= 0.3 is 0 Å². The second-order valence-electron chi connectivity index (χ2n) is 6.48. The zero-order valence-electron chi connectivity index (χ0n) is 15.7. The topological polar surface area (TPSA) is 84.9 Å². The largest absolute Gasteiger partial charge is 0.490 e. The Morgan fingerprint density at radius 2 is 1.79 bits per heavy atom. The van der Waals surface area contributed by atoms with Gasteiger partial charge in [0.05, 0.1) is 34.7 Å². The minimum atomic E-state index is -3.89. The molecule has 2 aromatic carbocycles. The van der Waals surface area contributed by atoms with Gasteiger partial charge in [0.15, 0.2) is 11.5 Å². The van der Waals surface area contributed by atoms with Crippen molar-refractivity contribution < 1.29 is 22.7 Å². The van der Waals surface area contributed by atoms with Crippen LogP contribution in [0.25, 0.3) is 0 Å². The summed E-state index contributed by atoms with van der Waals surface area (Å²) in [6.45, 7) is 0.842. The number of ether oxygens (including phenoxy) is 2. The van der Waals surface area contributed by atoms with E-state index in [1.807, 2.05) is 0 Å². The molecule has 7 nitrogen and oxygen atoms in total. The van der Waals surface area contributed by atoms with Gasteiger partial charge in [0.2, 0.25) is 15.9 Å². The molecular weight excluding hydrogens is 439 g/mol. The van der Waals surface area contributed by atoms with E-state index in [-0.39, 0.29) is 18.0 Å².